The van der Waals surface area contributed by atoms with E-state index in [9.17, 15) is 5.11 Å². The van der Waals surface area contributed by atoms with E-state index >= 15 is 0 Å². The van der Waals surface area contributed by atoms with E-state index in [1.54, 1.807) is 0 Å². The van der Waals surface area contributed by atoms with Gasteiger partial charge in [0.1, 0.15) is 0 Å². The highest BCUT2D eigenvalue weighted by Crippen LogP contribution is 2.05. The average molecular weight is 176 g/mol. The standard InChI is InChI=1S/C8H20O2Si/c1-5-8(9)6-7-10-11(2,3)4/h8-9H,5-7H2,1-4H3. The fraction of sp³-hybridized carbons (Fsp3) is 1.00. The Labute approximate surface area is 70.7 Å². The third-order valence-electron chi connectivity index (χ3n) is 1.46. The van der Waals surface area contributed by atoms with Crippen LogP contribution in [0.5, 0.6) is 0 Å². The first-order valence-electron chi connectivity index (χ1n) is 4.27. The van der Waals surface area contributed by atoms with Crippen molar-refractivity contribution in [2.75, 3.05) is 6.61 Å². The molecule has 0 heterocycles. The zero-order valence-corrected chi connectivity index (χ0v) is 9.05. The van der Waals surface area contributed by atoms with Crippen molar-refractivity contribution in [3.63, 3.8) is 0 Å². The Morgan fingerprint density at radius 2 is 1.91 bits per heavy atom. The second kappa shape index (κ2) is 4.90. The first-order valence-corrected chi connectivity index (χ1v) is 7.68. The topological polar surface area (TPSA) is 29.5 Å². The molecule has 1 atom stereocenters. The van der Waals surface area contributed by atoms with Crippen molar-refractivity contribution in [1.82, 2.24) is 0 Å². The molecule has 0 rings (SSSR count). The summed E-state index contributed by atoms with van der Waals surface area (Å²) in [4.78, 5) is 0. The summed E-state index contributed by atoms with van der Waals surface area (Å²) in [6, 6.07) is 0. The van der Waals surface area contributed by atoms with Gasteiger partial charge in [-0.15, -0.1) is 0 Å². The molecule has 0 aliphatic carbocycles. The van der Waals surface area contributed by atoms with Crippen LogP contribution in [0, 0.1) is 0 Å². The van der Waals surface area contributed by atoms with Gasteiger partial charge in [-0.1, -0.05) is 6.92 Å². The Kier molecular flexibility index (Phi) is 4.96. The molecule has 0 aliphatic heterocycles. The predicted molar refractivity (Wildman–Crippen MR) is 50.2 cm³/mol. The van der Waals surface area contributed by atoms with Crippen LogP contribution < -0.4 is 0 Å². The fourth-order valence-electron chi connectivity index (χ4n) is 0.705. The number of hydrogen-bond acceptors (Lipinski definition) is 2. The SMILES string of the molecule is CCC(O)CCO[Si](C)(C)C. The Morgan fingerprint density at radius 3 is 2.27 bits per heavy atom. The van der Waals surface area contributed by atoms with Crippen molar-refractivity contribution in [2.24, 2.45) is 0 Å². The minimum absolute atomic E-state index is 0.175. The van der Waals surface area contributed by atoms with Crippen LogP contribution in [0.4, 0.5) is 0 Å². The highest BCUT2D eigenvalue weighted by molar-refractivity contribution is 6.69. The Balaban J connectivity index is 3.28. The van der Waals surface area contributed by atoms with Crippen LogP contribution in [-0.4, -0.2) is 26.1 Å². The second-order valence-corrected chi connectivity index (χ2v) is 8.33. The maximum absolute atomic E-state index is 9.19. The molecule has 0 aliphatic rings. The molecule has 0 aromatic heterocycles. The predicted octanol–water partition coefficient (Wildman–Crippen LogP) is 2.00. The smallest absolute Gasteiger partial charge is 0.183 e. The van der Waals surface area contributed by atoms with E-state index in [1.165, 1.54) is 0 Å². The second-order valence-electron chi connectivity index (χ2n) is 3.81. The maximum atomic E-state index is 9.19. The molecule has 0 aromatic rings. The van der Waals surface area contributed by atoms with Crippen LogP contribution in [0.25, 0.3) is 0 Å². The molecule has 0 spiro atoms. The number of aliphatic hydroxyl groups excluding tert-OH is 1. The van der Waals surface area contributed by atoms with Crippen molar-refractivity contribution in [3.05, 3.63) is 0 Å². The van der Waals surface area contributed by atoms with Gasteiger partial charge in [0, 0.05) is 6.61 Å². The number of rotatable bonds is 5. The lowest BCUT2D eigenvalue weighted by Gasteiger charge is -2.18. The fourth-order valence-corrected chi connectivity index (χ4v) is 1.44. The summed E-state index contributed by atoms with van der Waals surface area (Å²) in [6.07, 6.45) is 1.43. The van der Waals surface area contributed by atoms with Crippen LogP contribution in [0.15, 0.2) is 0 Å². The zero-order chi connectivity index (χ0) is 8.91. The Morgan fingerprint density at radius 1 is 1.36 bits per heavy atom. The van der Waals surface area contributed by atoms with E-state index in [4.69, 9.17) is 4.43 Å². The molecule has 0 radical (unpaired) electrons. The van der Waals surface area contributed by atoms with E-state index in [1.807, 2.05) is 6.92 Å². The Hall–Kier alpha value is 0.137. The van der Waals surface area contributed by atoms with E-state index < -0.39 is 8.32 Å². The van der Waals surface area contributed by atoms with Crippen LogP contribution in [-0.2, 0) is 4.43 Å². The molecule has 3 heteroatoms. The summed E-state index contributed by atoms with van der Waals surface area (Å²) in [5.74, 6) is 0. The number of aliphatic hydroxyl groups is 1. The van der Waals surface area contributed by atoms with E-state index in [2.05, 4.69) is 19.6 Å². The van der Waals surface area contributed by atoms with Crippen molar-refractivity contribution >= 4 is 8.32 Å². The highest BCUT2D eigenvalue weighted by atomic mass is 28.4. The molecule has 2 nitrogen and oxygen atoms in total. The van der Waals surface area contributed by atoms with Gasteiger partial charge in [-0.3, -0.25) is 0 Å². The summed E-state index contributed by atoms with van der Waals surface area (Å²) in [5, 5.41) is 9.19. The van der Waals surface area contributed by atoms with Crippen molar-refractivity contribution < 1.29 is 9.53 Å². The quantitative estimate of drug-likeness (QED) is 0.649. The summed E-state index contributed by atoms with van der Waals surface area (Å²) >= 11 is 0. The molecule has 0 amide bonds. The lowest BCUT2D eigenvalue weighted by atomic mass is 10.2. The average Bonchev–Trinajstić information content (AvgIpc) is 1.85. The number of hydrogen-bond donors (Lipinski definition) is 1. The monoisotopic (exact) mass is 176 g/mol. The summed E-state index contributed by atoms with van der Waals surface area (Å²) in [7, 11) is -1.35. The van der Waals surface area contributed by atoms with Gasteiger partial charge >= 0.3 is 0 Å². The molecular weight excluding hydrogens is 156 g/mol. The van der Waals surface area contributed by atoms with Crippen LogP contribution in [0.2, 0.25) is 19.6 Å². The van der Waals surface area contributed by atoms with Gasteiger partial charge in [0.2, 0.25) is 0 Å². The van der Waals surface area contributed by atoms with Gasteiger partial charge in [0.05, 0.1) is 6.10 Å². The van der Waals surface area contributed by atoms with Crippen molar-refractivity contribution in [2.45, 2.75) is 45.5 Å². The lowest BCUT2D eigenvalue weighted by Crippen LogP contribution is -2.27. The summed E-state index contributed by atoms with van der Waals surface area (Å²) in [6.45, 7) is 9.17. The molecule has 68 valence electrons. The van der Waals surface area contributed by atoms with Gasteiger partial charge in [-0.25, -0.2) is 0 Å². The Bertz CT molecular complexity index is 98.8. The summed E-state index contributed by atoms with van der Waals surface area (Å²) < 4.78 is 5.58. The van der Waals surface area contributed by atoms with Gasteiger partial charge < -0.3 is 9.53 Å². The molecule has 0 fully saturated rings. The van der Waals surface area contributed by atoms with E-state index in [0.717, 1.165) is 12.8 Å². The van der Waals surface area contributed by atoms with E-state index in [-0.39, 0.29) is 6.10 Å². The molecule has 0 aromatic carbocycles. The van der Waals surface area contributed by atoms with Gasteiger partial charge in [0.25, 0.3) is 0 Å². The molecule has 1 N–H and O–H groups in total. The highest BCUT2D eigenvalue weighted by Gasteiger charge is 2.13. The van der Waals surface area contributed by atoms with Crippen molar-refractivity contribution in [3.8, 4) is 0 Å². The normalized spacial score (nSPS) is 15.0. The van der Waals surface area contributed by atoms with E-state index in [0.29, 0.717) is 6.61 Å². The van der Waals surface area contributed by atoms with Gasteiger partial charge in [0.15, 0.2) is 8.32 Å². The largest absolute Gasteiger partial charge is 0.418 e. The summed E-state index contributed by atoms with van der Waals surface area (Å²) in [5.41, 5.74) is 0. The first kappa shape index (κ1) is 11.1. The first-order chi connectivity index (χ1) is 4.95. The maximum Gasteiger partial charge on any atom is 0.183 e. The zero-order valence-electron chi connectivity index (χ0n) is 8.05. The third kappa shape index (κ3) is 8.04. The minimum Gasteiger partial charge on any atom is -0.418 e. The molecule has 11 heavy (non-hydrogen) atoms. The van der Waals surface area contributed by atoms with Gasteiger partial charge in [-0.05, 0) is 32.5 Å². The molecule has 0 bridgehead atoms. The third-order valence-corrected chi connectivity index (χ3v) is 2.53. The van der Waals surface area contributed by atoms with Crippen LogP contribution >= 0.6 is 0 Å². The molecule has 0 saturated carbocycles. The lowest BCUT2D eigenvalue weighted by molar-refractivity contribution is 0.134. The molecule has 0 saturated heterocycles. The van der Waals surface area contributed by atoms with Crippen molar-refractivity contribution in [1.29, 1.82) is 0 Å². The van der Waals surface area contributed by atoms with Crippen LogP contribution in [0.1, 0.15) is 19.8 Å². The van der Waals surface area contributed by atoms with Gasteiger partial charge in [-0.2, -0.15) is 0 Å². The molecular formula is C8H20O2Si. The minimum atomic E-state index is -1.35. The molecule has 1 unspecified atom stereocenters. The van der Waals surface area contributed by atoms with Crippen LogP contribution in [0.3, 0.4) is 0 Å².